The molecule has 1 aliphatic carbocycles. The molecule has 1 aromatic carbocycles. The molecule has 0 radical (unpaired) electrons. The molecule has 3 atom stereocenters. The van der Waals surface area contributed by atoms with E-state index in [1.807, 2.05) is 30.3 Å². The zero-order valence-corrected chi connectivity index (χ0v) is 13.5. The van der Waals surface area contributed by atoms with Crippen LogP contribution in [0.5, 0.6) is 0 Å². The first-order chi connectivity index (χ1) is 10.9. The number of amides is 1. The van der Waals surface area contributed by atoms with Crippen molar-refractivity contribution in [2.45, 2.75) is 62.7 Å². The molecule has 0 aliphatic heterocycles. The van der Waals surface area contributed by atoms with Crippen molar-refractivity contribution in [2.24, 2.45) is 17.4 Å². The van der Waals surface area contributed by atoms with Gasteiger partial charge in [-0.25, -0.2) is 0 Å². The standard InChI is InChI=1S/C18H28N2O3/c19-15(11-13-7-3-1-4-8-13)16(21)12-14(17(20)22)18(23)9-5-2-6-10-18/h1,3-4,7-8,14-16,21,23H,2,5-6,9-12,19H2,(H2,20,22)/t14-,15+,16-/m1/s1. The van der Waals surface area contributed by atoms with Gasteiger partial charge in [0.1, 0.15) is 0 Å². The van der Waals surface area contributed by atoms with Gasteiger partial charge in [-0.15, -0.1) is 0 Å². The minimum Gasteiger partial charge on any atom is -0.391 e. The number of nitrogens with two attached hydrogens (primary N) is 2. The van der Waals surface area contributed by atoms with E-state index < -0.39 is 29.6 Å². The number of aliphatic hydroxyl groups is 2. The summed E-state index contributed by atoms with van der Waals surface area (Å²) in [5.74, 6) is -1.31. The fourth-order valence-corrected chi connectivity index (χ4v) is 3.55. The first-order valence-electron chi connectivity index (χ1n) is 8.41. The van der Waals surface area contributed by atoms with Crippen LogP contribution in [0, 0.1) is 5.92 Å². The molecule has 1 fully saturated rings. The highest BCUT2D eigenvalue weighted by atomic mass is 16.3. The van der Waals surface area contributed by atoms with Crippen LogP contribution in [0.25, 0.3) is 0 Å². The molecular formula is C18H28N2O3. The number of carbonyl (C=O) groups is 1. The summed E-state index contributed by atoms with van der Waals surface area (Å²) < 4.78 is 0. The lowest BCUT2D eigenvalue weighted by atomic mass is 9.72. The third-order valence-electron chi connectivity index (χ3n) is 5.00. The normalized spacial score (nSPS) is 21.3. The minimum absolute atomic E-state index is 0.111. The highest BCUT2D eigenvalue weighted by Gasteiger charge is 2.42. The smallest absolute Gasteiger partial charge is 0.223 e. The Kier molecular flexibility index (Phi) is 6.16. The average Bonchev–Trinajstić information content (AvgIpc) is 2.53. The van der Waals surface area contributed by atoms with E-state index in [0.717, 1.165) is 24.8 Å². The Bertz CT molecular complexity index is 500. The maximum absolute atomic E-state index is 11.8. The number of primary amides is 1. The van der Waals surface area contributed by atoms with Crippen LogP contribution in [0.4, 0.5) is 0 Å². The summed E-state index contributed by atoms with van der Waals surface area (Å²) in [6.07, 6.45) is 3.69. The van der Waals surface area contributed by atoms with Gasteiger partial charge in [0.15, 0.2) is 0 Å². The summed E-state index contributed by atoms with van der Waals surface area (Å²) >= 11 is 0. The van der Waals surface area contributed by atoms with Crippen molar-refractivity contribution in [3.05, 3.63) is 35.9 Å². The van der Waals surface area contributed by atoms with E-state index in [4.69, 9.17) is 11.5 Å². The van der Waals surface area contributed by atoms with Crippen LogP contribution in [-0.2, 0) is 11.2 Å². The van der Waals surface area contributed by atoms with E-state index in [9.17, 15) is 15.0 Å². The summed E-state index contributed by atoms with van der Waals surface area (Å²) in [7, 11) is 0. The predicted molar refractivity (Wildman–Crippen MR) is 89.5 cm³/mol. The first-order valence-corrected chi connectivity index (χ1v) is 8.41. The Labute approximate surface area is 137 Å². The Balaban J connectivity index is 2.00. The van der Waals surface area contributed by atoms with Crippen molar-refractivity contribution >= 4 is 5.91 Å². The Morgan fingerprint density at radius 2 is 1.78 bits per heavy atom. The van der Waals surface area contributed by atoms with Crippen molar-refractivity contribution < 1.29 is 15.0 Å². The van der Waals surface area contributed by atoms with E-state index in [2.05, 4.69) is 0 Å². The van der Waals surface area contributed by atoms with Crippen molar-refractivity contribution in [1.82, 2.24) is 0 Å². The van der Waals surface area contributed by atoms with Gasteiger partial charge in [0.25, 0.3) is 0 Å². The maximum Gasteiger partial charge on any atom is 0.223 e. The monoisotopic (exact) mass is 320 g/mol. The third-order valence-corrected chi connectivity index (χ3v) is 5.00. The Hall–Kier alpha value is -1.43. The van der Waals surface area contributed by atoms with E-state index in [1.54, 1.807) is 0 Å². The zero-order chi connectivity index (χ0) is 16.9. The van der Waals surface area contributed by atoms with Crippen molar-refractivity contribution in [3.63, 3.8) is 0 Å². The van der Waals surface area contributed by atoms with Gasteiger partial charge >= 0.3 is 0 Å². The van der Waals surface area contributed by atoms with Gasteiger partial charge in [0.05, 0.1) is 17.6 Å². The summed E-state index contributed by atoms with van der Waals surface area (Å²) in [6, 6.07) is 9.18. The molecule has 1 aliphatic rings. The molecule has 6 N–H and O–H groups in total. The van der Waals surface area contributed by atoms with Gasteiger partial charge < -0.3 is 21.7 Å². The van der Waals surface area contributed by atoms with Crippen LogP contribution in [0.15, 0.2) is 30.3 Å². The minimum atomic E-state index is -1.10. The van der Waals surface area contributed by atoms with Gasteiger partial charge in [-0.3, -0.25) is 4.79 Å². The predicted octanol–water partition coefficient (Wildman–Crippen LogP) is 1.10. The van der Waals surface area contributed by atoms with E-state index >= 15 is 0 Å². The maximum atomic E-state index is 11.8. The number of hydrogen-bond acceptors (Lipinski definition) is 4. The molecule has 1 amide bonds. The molecule has 0 saturated heterocycles. The molecule has 5 heteroatoms. The van der Waals surface area contributed by atoms with Gasteiger partial charge in [-0.05, 0) is 31.2 Å². The molecule has 23 heavy (non-hydrogen) atoms. The highest BCUT2D eigenvalue weighted by molar-refractivity contribution is 5.78. The van der Waals surface area contributed by atoms with Gasteiger partial charge in [0.2, 0.25) is 5.91 Å². The number of carbonyl (C=O) groups excluding carboxylic acids is 1. The molecule has 0 spiro atoms. The molecular weight excluding hydrogens is 292 g/mol. The number of aliphatic hydroxyl groups excluding tert-OH is 1. The lowest BCUT2D eigenvalue weighted by molar-refractivity contribution is -0.137. The summed E-state index contributed by atoms with van der Waals surface area (Å²) in [6.45, 7) is 0. The fourth-order valence-electron chi connectivity index (χ4n) is 3.55. The molecule has 0 bridgehead atoms. The average molecular weight is 320 g/mol. The number of rotatable bonds is 7. The lowest BCUT2D eigenvalue weighted by Crippen LogP contribution is -2.50. The highest BCUT2D eigenvalue weighted by Crippen LogP contribution is 2.36. The molecule has 5 nitrogen and oxygen atoms in total. The molecule has 0 aromatic heterocycles. The lowest BCUT2D eigenvalue weighted by Gasteiger charge is -2.39. The Morgan fingerprint density at radius 3 is 2.35 bits per heavy atom. The van der Waals surface area contributed by atoms with Crippen molar-refractivity contribution in [2.75, 3.05) is 0 Å². The second-order valence-electron chi connectivity index (χ2n) is 6.78. The van der Waals surface area contributed by atoms with Crippen LogP contribution in [0.1, 0.15) is 44.1 Å². The number of hydrogen-bond donors (Lipinski definition) is 4. The summed E-state index contributed by atoms with van der Waals surface area (Å²) in [5, 5.41) is 21.2. The second kappa shape index (κ2) is 7.90. The van der Waals surface area contributed by atoms with Crippen LogP contribution >= 0.6 is 0 Å². The molecule has 2 rings (SSSR count). The summed E-state index contributed by atoms with van der Waals surface area (Å²) in [5.41, 5.74) is 11.5. The number of benzene rings is 1. The van der Waals surface area contributed by atoms with E-state index in [0.29, 0.717) is 19.3 Å². The largest absolute Gasteiger partial charge is 0.391 e. The second-order valence-corrected chi connectivity index (χ2v) is 6.78. The van der Waals surface area contributed by atoms with Crippen LogP contribution in [0.2, 0.25) is 0 Å². The topological polar surface area (TPSA) is 110 Å². The van der Waals surface area contributed by atoms with E-state index in [-0.39, 0.29) is 6.42 Å². The summed E-state index contributed by atoms with van der Waals surface area (Å²) in [4.78, 5) is 11.8. The van der Waals surface area contributed by atoms with Gasteiger partial charge in [0, 0.05) is 6.04 Å². The SMILES string of the molecule is NC(=O)[C@@H](C[C@@H](O)[C@@H](N)Cc1ccccc1)C1(O)CCCCC1. The molecule has 0 unspecified atom stereocenters. The molecule has 1 aromatic rings. The van der Waals surface area contributed by atoms with Crippen LogP contribution < -0.4 is 11.5 Å². The van der Waals surface area contributed by atoms with Crippen LogP contribution in [0.3, 0.4) is 0 Å². The van der Waals surface area contributed by atoms with E-state index in [1.165, 1.54) is 0 Å². The Morgan fingerprint density at radius 1 is 1.17 bits per heavy atom. The first kappa shape index (κ1) is 17.9. The van der Waals surface area contributed by atoms with Gasteiger partial charge in [-0.2, -0.15) is 0 Å². The van der Waals surface area contributed by atoms with Crippen molar-refractivity contribution in [1.29, 1.82) is 0 Å². The molecule has 128 valence electrons. The van der Waals surface area contributed by atoms with Gasteiger partial charge in [-0.1, -0.05) is 49.6 Å². The van der Waals surface area contributed by atoms with Crippen LogP contribution in [-0.4, -0.2) is 33.9 Å². The third kappa shape index (κ3) is 4.77. The zero-order valence-electron chi connectivity index (χ0n) is 13.5. The quantitative estimate of drug-likeness (QED) is 0.603. The fraction of sp³-hybridized carbons (Fsp3) is 0.611. The van der Waals surface area contributed by atoms with Crippen molar-refractivity contribution in [3.8, 4) is 0 Å². The molecule has 0 heterocycles. The molecule has 1 saturated carbocycles.